The fourth-order valence-electron chi connectivity index (χ4n) is 1.47. The first-order valence-corrected chi connectivity index (χ1v) is 6.38. The fraction of sp³-hybridized carbons (Fsp3) is 0.286. The van der Waals surface area contributed by atoms with Gasteiger partial charge in [0, 0.05) is 19.2 Å². The van der Waals surface area contributed by atoms with E-state index in [1.807, 2.05) is 0 Å². The molecule has 0 aliphatic carbocycles. The van der Waals surface area contributed by atoms with Gasteiger partial charge in [-0.15, -0.1) is 0 Å². The smallest absolute Gasteiger partial charge is 0.243 e. The Morgan fingerprint density at radius 1 is 1.25 bits per heavy atom. The number of nitrogens with zero attached hydrogens (tertiary/aromatic N) is 1. The van der Waals surface area contributed by atoms with Crippen molar-refractivity contribution >= 4 is 17.9 Å². The summed E-state index contributed by atoms with van der Waals surface area (Å²) in [5, 5.41) is 11.9. The molecule has 20 heavy (non-hydrogen) atoms. The quantitative estimate of drug-likeness (QED) is 0.252. The van der Waals surface area contributed by atoms with Gasteiger partial charge in [0.1, 0.15) is 5.75 Å². The molecule has 0 bridgehead atoms. The molecule has 0 heterocycles. The van der Waals surface area contributed by atoms with Crippen molar-refractivity contribution in [2.24, 2.45) is 16.5 Å². The highest BCUT2D eigenvalue weighted by atomic mass is 16.3. The van der Waals surface area contributed by atoms with Crippen LogP contribution >= 0.6 is 0 Å². The Kier molecular flexibility index (Phi) is 6.67. The van der Waals surface area contributed by atoms with Gasteiger partial charge < -0.3 is 21.9 Å². The molecule has 0 saturated carbocycles. The van der Waals surface area contributed by atoms with Crippen molar-refractivity contribution in [1.29, 1.82) is 0 Å². The number of nitrogens with one attached hydrogen (secondary N) is 1. The molecule has 0 saturated heterocycles. The number of benzene rings is 1. The lowest BCUT2D eigenvalue weighted by Crippen LogP contribution is -2.24. The highest BCUT2D eigenvalue weighted by molar-refractivity contribution is 5.91. The number of carbonyl (C=O) groups excluding carboxylic acids is 1. The number of phenolic OH excluding ortho intramolecular Hbond substituents is 1. The van der Waals surface area contributed by atoms with Gasteiger partial charge in [-0.3, -0.25) is 9.79 Å². The first kappa shape index (κ1) is 15.6. The summed E-state index contributed by atoms with van der Waals surface area (Å²) in [7, 11) is 0. The molecule has 1 aromatic rings. The molecule has 0 aliphatic heterocycles. The number of hydrogen-bond donors (Lipinski definition) is 4. The van der Waals surface area contributed by atoms with Gasteiger partial charge in [0.15, 0.2) is 5.96 Å². The van der Waals surface area contributed by atoms with Gasteiger partial charge in [-0.25, -0.2) is 0 Å². The van der Waals surface area contributed by atoms with E-state index in [0.29, 0.717) is 13.1 Å². The van der Waals surface area contributed by atoms with Crippen molar-refractivity contribution in [2.75, 3.05) is 13.1 Å². The van der Waals surface area contributed by atoms with Crippen LogP contribution in [0.15, 0.2) is 35.3 Å². The summed E-state index contributed by atoms with van der Waals surface area (Å²) < 4.78 is 0. The minimum absolute atomic E-state index is 0.0888. The Morgan fingerprint density at radius 2 is 1.95 bits per heavy atom. The van der Waals surface area contributed by atoms with E-state index in [2.05, 4.69) is 10.3 Å². The predicted molar refractivity (Wildman–Crippen MR) is 80.1 cm³/mol. The largest absolute Gasteiger partial charge is 0.508 e. The van der Waals surface area contributed by atoms with E-state index >= 15 is 0 Å². The summed E-state index contributed by atoms with van der Waals surface area (Å²) in [5.41, 5.74) is 11.2. The molecule has 0 spiro atoms. The number of guanidine groups is 1. The van der Waals surface area contributed by atoms with Gasteiger partial charge in [0.2, 0.25) is 5.91 Å². The van der Waals surface area contributed by atoms with Crippen molar-refractivity contribution < 1.29 is 9.90 Å². The molecule has 6 N–H and O–H groups in total. The third kappa shape index (κ3) is 7.05. The molecule has 108 valence electrons. The van der Waals surface area contributed by atoms with Gasteiger partial charge in [-0.1, -0.05) is 12.1 Å². The van der Waals surface area contributed by atoms with Gasteiger partial charge in [-0.05, 0) is 36.6 Å². The lowest BCUT2D eigenvalue weighted by Gasteiger charge is -2.01. The van der Waals surface area contributed by atoms with Crippen LogP contribution in [0.1, 0.15) is 18.4 Å². The van der Waals surface area contributed by atoms with Crippen LogP contribution in [0.4, 0.5) is 0 Å². The highest BCUT2D eigenvalue weighted by Crippen LogP contribution is 2.10. The Morgan fingerprint density at radius 3 is 2.60 bits per heavy atom. The zero-order valence-corrected chi connectivity index (χ0v) is 11.2. The second kappa shape index (κ2) is 8.58. The zero-order valence-electron chi connectivity index (χ0n) is 11.2. The molecule has 1 aromatic carbocycles. The van der Waals surface area contributed by atoms with Crippen LogP contribution in [-0.4, -0.2) is 30.1 Å². The van der Waals surface area contributed by atoms with E-state index in [-0.39, 0.29) is 17.6 Å². The molecule has 0 fully saturated rings. The number of amides is 1. The number of nitrogens with two attached hydrogens (primary N) is 2. The number of unbranched alkanes of at least 4 members (excludes halogenated alkanes) is 1. The molecule has 1 rings (SSSR count). The average molecular weight is 276 g/mol. The molecule has 0 radical (unpaired) electrons. The molecular weight excluding hydrogens is 256 g/mol. The summed E-state index contributed by atoms with van der Waals surface area (Å²) >= 11 is 0. The lowest BCUT2D eigenvalue weighted by molar-refractivity contribution is -0.116. The maximum atomic E-state index is 11.5. The maximum Gasteiger partial charge on any atom is 0.243 e. The molecule has 0 aromatic heterocycles. The molecule has 0 unspecified atom stereocenters. The van der Waals surface area contributed by atoms with E-state index in [1.54, 1.807) is 30.3 Å². The topological polar surface area (TPSA) is 114 Å². The van der Waals surface area contributed by atoms with Gasteiger partial charge >= 0.3 is 0 Å². The van der Waals surface area contributed by atoms with E-state index in [1.165, 1.54) is 6.08 Å². The van der Waals surface area contributed by atoms with E-state index in [9.17, 15) is 4.79 Å². The van der Waals surface area contributed by atoms with Crippen LogP contribution < -0.4 is 16.8 Å². The zero-order chi connectivity index (χ0) is 14.8. The molecule has 6 heteroatoms. The maximum absolute atomic E-state index is 11.5. The van der Waals surface area contributed by atoms with Gasteiger partial charge in [0.05, 0.1) is 0 Å². The molecular formula is C14H20N4O2. The van der Waals surface area contributed by atoms with E-state index < -0.39 is 0 Å². The van der Waals surface area contributed by atoms with Gasteiger partial charge in [-0.2, -0.15) is 0 Å². The predicted octanol–water partition coefficient (Wildman–Crippen LogP) is 0.575. The van der Waals surface area contributed by atoms with Crippen LogP contribution in [0.3, 0.4) is 0 Å². The first-order valence-electron chi connectivity index (χ1n) is 6.38. The highest BCUT2D eigenvalue weighted by Gasteiger charge is 1.95. The van der Waals surface area contributed by atoms with E-state index in [4.69, 9.17) is 16.6 Å². The van der Waals surface area contributed by atoms with Gasteiger partial charge in [0.25, 0.3) is 0 Å². The monoisotopic (exact) mass is 276 g/mol. The van der Waals surface area contributed by atoms with Crippen molar-refractivity contribution in [2.45, 2.75) is 12.8 Å². The number of hydrogen-bond acceptors (Lipinski definition) is 3. The second-order valence-corrected chi connectivity index (χ2v) is 4.23. The number of aliphatic imine (C=N–C) groups is 1. The Hall–Kier alpha value is -2.50. The fourth-order valence-corrected chi connectivity index (χ4v) is 1.47. The minimum Gasteiger partial charge on any atom is -0.508 e. The summed E-state index contributed by atoms with van der Waals surface area (Å²) in [6.45, 7) is 1.15. The van der Waals surface area contributed by atoms with Crippen molar-refractivity contribution in [1.82, 2.24) is 5.32 Å². The van der Waals surface area contributed by atoms with E-state index in [0.717, 1.165) is 18.4 Å². The Labute approximate surface area is 118 Å². The second-order valence-electron chi connectivity index (χ2n) is 4.23. The number of carbonyl (C=O) groups is 1. The van der Waals surface area contributed by atoms with Crippen molar-refractivity contribution in [3.63, 3.8) is 0 Å². The van der Waals surface area contributed by atoms with Crippen molar-refractivity contribution in [3.8, 4) is 5.75 Å². The van der Waals surface area contributed by atoms with Crippen LogP contribution in [0, 0.1) is 0 Å². The van der Waals surface area contributed by atoms with Crippen molar-refractivity contribution in [3.05, 3.63) is 35.9 Å². The van der Waals surface area contributed by atoms with Crippen LogP contribution in [0.5, 0.6) is 5.75 Å². The summed E-state index contributed by atoms with van der Waals surface area (Å²) in [4.78, 5) is 15.4. The summed E-state index contributed by atoms with van der Waals surface area (Å²) in [6.07, 6.45) is 4.78. The summed E-state index contributed by atoms with van der Waals surface area (Å²) in [6, 6.07) is 6.60. The Bertz CT molecular complexity index is 476. The lowest BCUT2D eigenvalue weighted by atomic mass is 10.2. The third-order valence-electron chi connectivity index (χ3n) is 2.50. The number of rotatable bonds is 7. The molecule has 0 atom stereocenters. The standard InChI is InChI=1S/C14H20N4O2/c15-14(16)18-10-2-1-9-17-13(20)8-5-11-3-6-12(19)7-4-11/h3-8,19H,1-2,9-10H2,(H,17,20)(H4,15,16,18)/b8-5+. The number of aromatic hydroxyl groups is 1. The summed E-state index contributed by atoms with van der Waals surface area (Å²) in [5.74, 6) is 0.137. The van der Waals surface area contributed by atoms with Crippen LogP contribution in [-0.2, 0) is 4.79 Å². The Balaban J connectivity index is 2.20. The SMILES string of the molecule is NC(N)=NCCCCNC(=O)/C=C/c1ccc(O)cc1. The molecule has 6 nitrogen and oxygen atoms in total. The normalized spacial score (nSPS) is 10.4. The molecule has 0 aliphatic rings. The average Bonchev–Trinajstić information content (AvgIpc) is 2.41. The first-order chi connectivity index (χ1) is 9.58. The van der Waals surface area contributed by atoms with Crippen LogP contribution in [0.2, 0.25) is 0 Å². The van der Waals surface area contributed by atoms with Crippen LogP contribution in [0.25, 0.3) is 6.08 Å². The third-order valence-corrected chi connectivity index (χ3v) is 2.50. The number of phenols is 1. The molecule has 1 amide bonds. The minimum atomic E-state index is -0.153.